The molecular weight excluding hydrogens is 276 g/mol. The molecule has 0 heterocycles. The van der Waals surface area contributed by atoms with Crippen LogP contribution >= 0.6 is 0 Å². The van der Waals surface area contributed by atoms with E-state index < -0.39 is 18.8 Å². The number of rotatable bonds is 4. The first kappa shape index (κ1) is 14.9. The molecule has 0 aliphatic heterocycles. The predicted octanol–water partition coefficient (Wildman–Crippen LogP) is 0.570. The Morgan fingerprint density at radius 3 is 2.52 bits per heavy atom. The van der Waals surface area contributed by atoms with Gasteiger partial charge in [0.05, 0.1) is 5.56 Å². The summed E-state index contributed by atoms with van der Waals surface area (Å²) in [6.45, 7) is 0. The molecule has 2 aromatic carbocycles. The number of hydrogen-bond acceptors (Lipinski definition) is 4. The number of aldehydes is 1. The summed E-state index contributed by atoms with van der Waals surface area (Å²) in [7, 11) is -1.78. The minimum atomic E-state index is -1.78. The molecule has 0 saturated carbocycles. The lowest BCUT2D eigenvalue weighted by Gasteiger charge is -2.09. The number of nitrogens with one attached hydrogen (secondary N) is 1. The Bertz CT molecular complexity index is 690. The van der Waals surface area contributed by atoms with E-state index in [-0.39, 0.29) is 22.3 Å². The van der Waals surface area contributed by atoms with Gasteiger partial charge in [-0.1, -0.05) is 18.2 Å². The van der Waals surface area contributed by atoms with Crippen molar-refractivity contribution in [1.29, 1.82) is 0 Å². The molecule has 0 radical (unpaired) electrons. The molecule has 0 spiro atoms. The van der Waals surface area contributed by atoms with Crippen LogP contribution in [0.5, 0.6) is 0 Å². The number of halogens is 1. The number of carbonyl (C=O) groups is 2. The first-order valence-corrected chi connectivity index (χ1v) is 6.03. The maximum absolute atomic E-state index is 13.5. The number of benzene rings is 2. The maximum atomic E-state index is 13.5. The Morgan fingerprint density at radius 2 is 1.90 bits per heavy atom. The molecule has 0 fully saturated rings. The molecule has 1 amide bonds. The Kier molecular flexibility index (Phi) is 4.47. The fraction of sp³-hybridized carbons (Fsp3) is 0. The molecule has 21 heavy (non-hydrogen) atoms. The fourth-order valence-electron chi connectivity index (χ4n) is 1.81. The minimum absolute atomic E-state index is 0.0448. The molecule has 0 aliphatic carbocycles. The monoisotopic (exact) mass is 287 g/mol. The summed E-state index contributed by atoms with van der Waals surface area (Å²) in [5, 5.41) is 20.7. The van der Waals surface area contributed by atoms with E-state index in [9.17, 15) is 14.0 Å². The average Bonchev–Trinajstić information content (AvgIpc) is 2.47. The van der Waals surface area contributed by atoms with Crippen molar-refractivity contribution in [2.75, 3.05) is 5.32 Å². The average molecular weight is 287 g/mol. The van der Waals surface area contributed by atoms with Crippen LogP contribution in [0.1, 0.15) is 20.7 Å². The van der Waals surface area contributed by atoms with Crippen molar-refractivity contribution in [3.05, 3.63) is 59.4 Å². The zero-order valence-electron chi connectivity index (χ0n) is 10.8. The van der Waals surface area contributed by atoms with Gasteiger partial charge in [-0.25, -0.2) is 4.39 Å². The first-order valence-electron chi connectivity index (χ1n) is 6.03. The standard InChI is InChI=1S/C14H11BFNO4/c16-13-4-2-1-3-12(13)14(19)17-11-6-9(8-18)5-10(7-11)15(20)21/h1-8,20-21H,(H,17,19). The SMILES string of the molecule is O=Cc1cc(NC(=O)c2ccccc2F)cc(B(O)O)c1. The van der Waals surface area contributed by atoms with Crippen molar-refractivity contribution in [3.8, 4) is 0 Å². The van der Waals surface area contributed by atoms with Crippen LogP contribution in [-0.4, -0.2) is 29.4 Å². The van der Waals surface area contributed by atoms with Gasteiger partial charge in [0.1, 0.15) is 12.1 Å². The zero-order valence-corrected chi connectivity index (χ0v) is 10.8. The fourth-order valence-corrected chi connectivity index (χ4v) is 1.81. The topological polar surface area (TPSA) is 86.6 Å². The molecule has 0 saturated heterocycles. The van der Waals surface area contributed by atoms with E-state index in [4.69, 9.17) is 10.0 Å². The number of anilines is 1. The van der Waals surface area contributed by atoms with E-state index >= 15 is 0 Å². The molecule has 0 aromatic heterocycles. The highest BCUT2D eigenvalue weighted by Crippen LogP contribution is 2.12. The molecule has 7 heteroatoms. The Hall–Kier alpha value is -2.51. The van der Waals surface area contributed by atoms with E-state index in [0.29, 0.717) is 6.29 Å². The molecule has 5 nitrogen and oxygen atoms in total. The van der Waals surface area contributed by atoms with Crippen molar-refractivity contribution in [3.63, 3.8) is 0 Å². The van der Waals surface area contributed by atoms with E-state index in [1.165, 1.54) is 36.4 Å². The van der Waals surface area contributed by atoms with E-state index in [0.717, 1.165) is 6.07 Å². The van der Waals surface area contributed by atoms with Gasteiger partial charge >= 0.3 is 7.12 Å². The smallest absolute Gasteiger partial charge is 0.423 e. The lowest BCUT2D eigenvalue weighted by Crippen LogP contribution is -2.30. The van der Waals surface area contributed by atoms with Crippen LogP contribution in [0.25, 0.3) is 0 Å². The largest absolute Gasteiger partial charge is 0.488 e. The van der Waals surface area contributed by atoms with Crippen LogP contribution in [-0.2, 0) is 0 Å². The summed E-state index contributed by atoms with van der Waals surface area (Å²) < 4.78 is 13.5. The van der Waals surface area contributed by atoms with Gasteiger partial charge in [-0.2, -0.15) is 0 Å². The maximum Gasteiger partial charge on any atom is 0.488 e. The second kappa shape index (κ2) is 6.30. The van der Waals surface area contributed by atoms with Gasteiger partial charge in [-0.3, -0.25) is 9.59 Å². The van der Waals surface area contributed by atoms with Gasteiger partial charge in [-0.05, 0) is 29.7 Å². The lowest BCUT2D eigenvalue weighted by molar-refractivity contribution is 0.102. The van der Waals surface area contributed by atoms with Crippen LogP contribution < -0.4 is 10.8 Å². The third-order valence-electron chi connectivity index (χ3n) is 2.79. The van der Waals surface area contributed by atoms with Crippen molar-refractivity contribution >= 4 is 30.5 Å². The molecular formula is C14H11BFNO4. The van der Waals surface area contributed by atoms with Crippen LogP contribution in [0.15, 0.2) is 42.5 Å². The van der Waals surface area contributed by atoms with Gasteiger partial charge in [0.25, 0.3) is 5.91 Å². The summed E-state index contributed by atoms with van der Waals surface area (Å²) >= 11 is 0. The van der Waals surface area contributed by atoms with E-state index in [1.54, 1.807) is 0 Å². The highest BCUT2D eigenvalue weighted by atomic mass is 19.1. The second-order valence-electron chi connectivity index (χ2n) is 4.31. The van der Waals surface area contributed by atoms with Crippen LogP contribution in [0, 0.1) is 5.82 Å². The van der Waals surface area contributed by atoms with Crippen molar-refractivity contribution in [2.24, 2.45) is 0 Å². The molecule has 2 rings (SSSR count). The number of hydrogen-bond donors (Lipinski definition) is 3. The molecule has 106 valence electrons. The van der Waals surface area contributed by atoms with Crippen LogP contribution in [0.3, 0.4) is 0 Å². The molecule has 0 unspecified atom stereocenters. The molecule has 2 aromatic rings. The van der Waals surface area contributed by atoms with Crippen molar-refractivity contribution in [1.82, 2.24) is 0 Å². The summed E-state index contributed by atoms with van der Waals surface area (Å²) in [5.41, 5.74) is 0.212. The Morgan fingerprint density at radius 1 is 1.19 bits per heavy atom. The number of amides is 1. The first-order chi connectivity index (χ1) is 10.0. The minimum Gasteiger partial charge on any atom is -0.423 e. The highest BCUT2D eigenvalue weighted by molar-refractivity contribution is 6.58. The molecule has 0 aliphatic rings. The molecule has 0 atom stereocenters. The highest BCUT2D eigenvalue weighted by Gasteiger charge is 2.15. The van der Waals surface area contributed by atoms with Gasteiger partial charge in [0, 0.05) is 11.3 Å². The second-order valence-corrected chi connectivity index (χ2v) is 4.31. The zero-order chi connectivity index (χ0) is 15.4. The predicted molar refractivity (Wildman–Crippen MR) is 76.0 cm³/mol. The summed E-state index contributed by atoms with van der Waals surface area (Å²) in [6.07, 6.45) is 0.505. The summed E-state index contributed by atoms with van der Waals surface area (Å²) in [5.74, 6) is -1.38. The third-order valence-corrected chi connectivity index (χ3v) is 2.79. The Labute approximate surface area is 120 Å². The van der Waals surface area contributed by atoms with Gasteiger partial charge in [0.2, 0.25) is 0 Å². The molecule has 3 N–H and O–H groups in total. The van der Waals surface area contributed by atoms with Gasteiger partial charge in [0.15, 0.2) is 0 Å². The van der Waals surface area contributed by atoms with Crippen LogP contribution in [0.2, 0.25) is 0 Å². The third kappa shape index (κ3) is 3.53. The number of carbonyl (C=O) groups excluding carboxylic acids is 2. The Balaban J connectivity index is 2.31. The van der Waals surface area contributed by atoms with Crippen LogP contribution in [0.4, 0.5) is 10.1 Å². The summed E-state index contributed by atoms with van der Waals surface area (Å²) in [4.78, 5) is 22.8. The van der Waals surface area contributed by atoms with Gasteiger partial charge < -0.3 is 15.4 Å². The quantitative estimate of drug-likeness (QED) is 0.567. The summed E-state index contributed by atoms with van der Waals surface area (Å²) in [6, 6.07) is 9.35. The van der Waals surface area contributed by atoms with E-state index in [2.05, 4.69) is 5.32 Å². The van der Waals surface area contributed by atoms with Crippen molar-refractivity contribution in [2.45, 2.75) is 0 Å². The van der Waals surface area contributed by atoms with E-state index in [1.807, 2.05) is 0 Å². The normalized spacial score (nSPS) is 10.0. The van der Waals surface area contributed by atoms with Gasteiger partial charge in [-0.15, -0.1) is 0 Å². The molecule has 0 bridgehead atoms. The van der Waals surface area contributed by atoms with Crippen molar-refractivity contribution < 1.29 is 24.0 Å². The lowest BCUT2D eigenvalue weighted by atomic mass is 9.79.